The fraction of sp³-hybridized carbons (Fsp3) is 0.462. The zero-order chi connectivity index (χ0) is 11.7. The molecule has 1 aliphatic rings. The standard InChI is InChI=1S/C11H15NO.C2H6/c1-4-6-7-10(5-2)11-8-9(3)13-12-11;1-2/h4-7,9H,2,8H2,1,3H3;1-2H3/b6-4-,10-7+;. The Kier molecular flexibility index (Phi) is 7.33. The minimum absolute atomic E-state index is 0.198. The number of nitrogens with zero attached hydrogens (tertiary/aromatic N) is 1. The van der Waals surface area contributed by atoms with E-state index in [0.717, 1.165) is 17.7 Å². The van der Waals surface area contributed by atoms with Gasteiger partial charge < -0.3 is 4.84 Å². The predicted molar refractivity (Wildman–Crippen MR) is 67.0 cm³/mol. The van der Waals surface area contributed by atoms with Crippen LogP contribution in [0.4, 0.5) is 0 Å². The highest BCUT2D eigenvalue weighted by molar-refractivity contribution is 6.03. The molecule has 2 nitrogen and oxygen atoms in total. The van der Waals surface area contributed by atoms with Crippen molar-refractivity contribution in [3.8, 4) is 0 Å². The Balaban J connectivity index is 0.000000921. The first-order valence-corrected chi connectivity index (χ1v) is 5.46. The molecule has 0 aromatic heterocycles. The molecule has 0 amide bonds. The van der Waals surface area contributed by atoms with Crippen LogP contribution in [0.1, 0.15) is 34.1 Å². The lowest BCUT2D eigenvalue weighted by Gasteiger charge is -1.97. The van der Waals surface area contributed by atoms with Crippen LogP contribution in [0.25, 0.3) is 0 Å². The van der Waals surface area contributed by atoms with Gasteiger partial charge in [-0.3, -0.25) is 0 Å². The third-order valence-electron chi connectivity index (χ3n) is 1.85. The molecule has 0 saturated heterocycles. The third kappa shape index (κ3) is 4.63. The van der Waals surface area contributed by atoms with Gasteiger partial charge in [0.05, 0.1) is 5.71 Å². The molecule has 0 bridgehead atoms. The molecule has 2 heteroatoms. The van der Waals surface area contributed by atoms with Crippen molar-refractivity contribution >= 4 is 5.71 Å². The molecule has 0 saturated carbocycles. The number of hydrogen-bond donors (Lipinski definition) is 0. The first kappa shape index (κ1) is 13.7. The van der Waals surface area contributed by atoms with Crippen LogP contribution in [-0.2, 0) is 4.84 Å². The predicted octanol–water partition coefficient (Wildman–Crippen LogP) is 3.87. The molecule has 0 fully saturated rings. The van der Waals surface area contributed by atoms with Crippen molar-refractivity contribution in [1.82, 2.24) is 0 Å². The molecule has 0 aliphatic carbocycles. The van der Waals surface area contributed by atoms with Crippen molar-refractivity contribution in [3.05, 3.63) is 36.5 Å². The van der Waals surface area contributed by atoms with Crippen molar-refractivity contribution < 1.29 is 4.84 Å². The van der Waals surface area contributed by atoms with E-state index in [1.807, 2.05) is 45.9 Å². The number of oxime groups is 1. The SMILES string of the molecule is C=C/C(=C\C=C/C)C1=NOC(C)C1.CC. The van der Waals surface area contributed by atoms with Gasteiger partial charge in [-0.15, -0.1) is 0 Å². The molecule has 0 N–H and O–H groups in total. The van der Waals surface area contributed by atoms with Crippen molar-refractivity contribution in [2.24, 2.45) is 5.16 Å². The summed E-state index contributed by atoms with van der Waals surface area (Å²) in [5, 5.41) is 3.98. The molecule has 1 heterocycles. The number of rotatable bonds is 3. The minimum Gasteiger partial charge on any atom is -0.392 e. The molecule has 1 unspecified atom stereocenters. The molecule has 0 aromatic carbocycles. The van der Waals surface area contributed by atoms with Gasteiger partial charge in [0.2, 0.25) is 0 Å². The van der Waals surface area contributed by atoms with E-state index in [4.69, 9.17) is 4.84 Å². The zero-order valence-electron chi connectivity index (χ0n) is 10.2. The summed E-state index contributed by atoms with van der Waals surface area (Å²) >= 11 is 0. The molecule has 1 aliphatic heterocycles. The highest BCUT2D eigenvalue weighted by Gasteiger charge is 2.17. The van der Waals surface area contributed by atoms with Gasteiger partial charge in [-0.25, -0.2) is 0 Å². The first-order chi connectivity index (χ1) is 7.27. The largest absolute Gasteiger partial charge is 0.392 e. The normalized spacial score (nSPS) is 20.4. The lowest BCUT2D eigenvalue weighted by Crippen LogP contribution is -2.03. The lowest BCUT2D eigenvalue weighted by molar-refractivity contribution is 0.0995. The van der Waals surface area contributed by atoms with Gasteiger partial charge in [-0.05, 0) is 19.4 Å². The van der Waals surface area contributed by atoms with E-state index in [2.05, 4.69) is 11.7 Å². The highest BCUT2D eigenvalue weighted by atomic mass is 16.6. The Morgan fingerprint density at radius 1 is 1.53 bits per heavy atom. The van der Waals surface area contributed by atoms with E-state index in [0.29, 0.717) is 0 Å². The number of allylic oxidation sites excluding steroid dienone is 5. The van der Waals surface area contributed by atoms with E-state index in [9.17, 15) is 0 Å². The van der Waals surface area contributed by atoms with Gasteiger partial charge in [0.1, 0.15) is 6.10 Å². The lowest BCUT2D eigenvalue weighted by atomic mass is 10.1. The maximum absolute atomic E-state index is 5.10. The van der Waals surface area contributed by atoms with Crippen molar-refractivity contribution in [1.29, 1.82) is 0 Å². The van der Waals surface area contributed by atoms with Crippen molar-refractivity contribution in [2.75, 3.05) is 0 Å². The second-order valence-electron chi connectivity index (χ2n) is 3.01. The van der Waals surface area contributed by atoms with E-state index in [1.54, 1.807) is 6.08 Å². The van der Waals surface area contributed by atoms with Gasteiger partial charge in [-0.1, -0.05) is 49.9 Å². The molecule has 0 radical (unpaired) electrons. The zero-order valence-corrected chi connectivity index (χ0v) is 10.2. The summed E-state index contributed by atoms with van der Waals surface area (Å²) in [6, 6.07) is 0. The maximum Gasteiger partial charge on any atom is 0.130 e. The third-order valence-corrected chi connectivity index (χ3v) is 1.85. The summed E-state index contributed by atoms with van der Waals surface area (Å²) in [6.07, 6.45) is 8.82. The average molecular weight is 207 g/mol. The van der Waals surface area contributed by atoms with Gasteiger partial charge >= 0.3 is 0 Å². The van der Waals surface area contributed by atoms with Crippen LogP contribution in [0, 0.1) is 0 Å². The van der Waals surface area contributed by atoms with Crippen molar-refractivity contribution in [3.63, 3.8) is 0 Å². The Bertz CT molecular complexity index is 274. The van der Waals surface area contributed by atoms with Crippen LogP contribution in [-0.4, -0.2) is 11.8 Å². The van der Waals surface area contributed by atoms with Crippen LogP contribution in [0.15, 0.2) is 41.6 Å². The smallest absolute Gasteiger partial charge is 0.130 e. The summed E-state index contributed by atoms with van der Waals surface area (Å²) in [5.41, 5.74) is 2.03. The molecule has 15 heavy (non-hydrogen) atoms. The average Bonchev–Trinajstić information content (AvgIpc) is 2.69. The Morgan fingerprint density at radius 2 is 2.20 bits per heavy atom. The van der Waals surface area contributed by atoms with Gasteiger partial charge in [0.15, 0.2) is 0 Å². The fourth-order valence-electron chi connectivity index (χ4n) is 1.15. The quantitative estimate of drug-likeness (QED) is 0.644. The first-order valence-electron chi connectivity index (χ1n) is 5.46. The van der Waals surface area contributed by atoms with E-state index < -0.39 is 0 Å². The summed E-state index contributed by atoms with van der Waals surface area (Å²) in [7, 11) is 0. The molecule has 0 aromatic rings. The molecule has 84 valence electrons. The monoisotopic (exact) mass is 207 g/mol. The highest BCUT2D eigenvalue weighted by Crippen LogP contribution is 2.16. The van der Waals surface area contributed by atoms with Crippen LogP contribution < -0.4 is 0 Å². The number of hydrogen-bond acceptors (Lipinski definition) is 2. The Hall–Kier alpha value is -1.31. The molecule has 0 spiro atoms. The minimum atomic E-state index is 0.198. The van der Waals surface area contributed by atoms with Gasteiger partial charge in [-0.2, -0.15) is 0 Å². The van der Waals surface area contributed by atoms with E-state index in [-0.39, 0.29) is 6.10 Å². The Morgan fingerprint density at radius 3 is 2.60 bits per heavy atom. The second-order valence-corrected chi connectivity index (χ2v) is 3.01. The van der Waals surface area contributed by atoms with Gasteiger partial charge in [0, 0.05) is 6.42 Å². The van der Waals surface area contributed by atoms with E-state index >= 15 is 0 Å². The van der Waals surface area contributed by atoms with Crippen molar-refractivity contribution in [2.45, 2.75) is 40.2 Å². The summed E-state index contributed by atoms with van der Waals surface area (Å²) in [6.45, 7) is 11.7. The fourth-order valence-corrected chi connectivity index (χ4v) is 1.15. The topological polar surface area (TPSA) is 21.6 Å². The molecular formula is C13H21NO. The van der Waals surface area contributed by atoms with E-state index in [1.165, 1.54) is 0 Å². The van der Waals surface area contributed by atoms with Crippen LogP contribution in [0.3, 0.4) is 0 Å². The summed E-state index contributed by atoms with van der Waals surface area (Å²) in [4.78, 5) is 5.10. The Labute approximate surface area is 93.0 Å². The van der Waals surface area contributed by atoms with Crippen LogP contribution >= 0.6 is 0 Å². The second kappa shape index (κ2) is 8.04. The molecule has 1 atom stereocenters. The summed E-state index contributed by atoms with van der Waals surface area (Å²) in [5.74, 6) is 0. The van der Waals surface area contributed by atoms with Crippen LogP contribution in [0.5, 0.6) is 0 Å². The van der Waals surface area contributed by atoms with Crippen LogP contribution in [0.2, 0.25) is 0 Å². The summed E-state index contributed by atoms with van der Waals surface area (Å²) < 4.78 is 0. The maximum atomic E-state index is 5.10. The molecular weight excluding hydrogens is 186 g/mol. The molecule has 1 rings (SSSR count). The van der Waals surface area contributed by atoms with Gasteiger partial charge in [0.25, 0.3) is 0 Å².